The normalized spacial score (nSPS) is 21.0. The second-order valence-electron chi connectivity index (χ2n) is 5.21. The van der Waals surface area contributed by atoms with Crippen LogP contribution in [-0.2, 0) is 18.4 Å². The third kappa shape index (κ3) is 2.10. The van der Waals surface area contributed by atoms with Gasteiger partial charge in [0.2, 0.25) is 0 Å². The number of aliphatic hydroxyl groups is 1. The molecule has 20 heavy (non-hydrogen) atoms. The molecule has 0 saturated heterocycles. The zero-order chi connectivity index (χ0) is 14.3. The zero-order valence-electron chi connectivity index (χ0n) is 10.7. The molecule has 1 aliphatic carbocycles. The Hall–Kier alpha value is -1.81. The van der Waals surface area contributed by atoms with Gasteiger partial charge in [-0.25, -0.2) is 13.2 Å². The van der Waals surface area contributed by atoms with Gasteiger partial charge in [-0.15, -0.1) is 0 Å². The van der Waals surface area contributed by atoms with E-state index in [1.165, 1.54) is 12.1 Å². The van der Waals surface area contributed by atoms with Crippen molar-refractivity contribution in [2.45, 2.75) is 24.9 Å². The van der Waals surface area contributed by atoms with E-state index < -0.39 is 17.2 Å². The van der Waals surface area contributed by atoms with Gasteiger partial charge in [0.1, 0.15) is 17.5 Å². The van der Waals surface area contributed by atoms with Gasteiger partial charge in [0.25, 0.3) is 0 Å². The summed E-state index contributed by atoms with van der Waals surface area (Å²) in [6, 6.07) is 7.65. The fraction of sp³-hybridized carbons (Fsp3) is 0.250. The second kappa shape index (κ2) is 4.63. The Kier molecular flexibility index (Phi) is 3.05. The minimum Gasteiger partial charge on any atom is -0.385 e. The average Bonchev–Trinajstić information content (AvgIpc) is 2.73. The first-order chi connectivity index (χ1) is 9.49. The Labute approximate surface area is 114 Å². The lowest BCUT2D eigenvalue weighted by molar-refractivity contribution is 0.0380. The summed E-state index contributed by atoms with van der Waals surface area (Å²) >= 11 is 0. The predicted molar refractivity (Wildman–Crippen MR) is 68.7 cm³/mol. The molecule has 2 aromatic carbocycles. The number of halogens is 3. The molecule has 1 N–H and O–H groups in total. The molecule has 104 valence electrons. The SMILES string of the molecule is OC1(Cc2cc(F)ccc2F)CCc2c(F)cccc21. The van der Waals surface area contributed by atoms with Crippen LogP contribution in [0, 0.1) is 17.5 Å². The molecule has 0 heterocycles. The van der Waals surface area contributed by atoms with E-state index in [4.69, 9.17) is 0 Å². The summed E-state index contributed by atoms with van der Waals surface area (Å²) in [5.74, 6) is -1.48. The van der Waals surface area contributed by atoms with Gasteiger partial charge in [0.15, 0.2) is 0 Å². The molecule has 0 amide bonds. The van der Waals surface area contributed by atoms with E-state index in [1.54, 1.807) is 6.07 Å². The lowest BCUT2D eigenvalue weighted by atomic mass is 9.88. The first-order valence-electron chi connectivity index (χ1n) is 6.44. The third-order valence-corrected chi connectivity index (χ3v) is 3.90. The van der Waals surface area contributed by atoms with Gasteiger partial charge in [-0.1, -0.05) is 12.1 Å². The molecule has 3 rings (SSSR count). The van der Waals surface area contributed by atoms with Gasteiger partial charge in [-0.2, -0.15) is 0 Å². The van der Waals surface area contributed by atoms with Gasteiger partial charge >= 0.3 is 0 Å². The minimum absolute atomic E-state index is 0.0625. The number of benzene rings is 2. The van der Waals surface area contributed by atoms with E-state index in [1.807, 2.05) is 0 Å². The summed E-state index contributed by atoms with van der Waals surface area (Å²) in [6.45, 7) is 0. The van der Waals surface area contributed by atoms with E-state index in [0.29, 0.717) is 24.0 Å². The maximum Gasteiger partial charge on any atom is 0.126 e. The zero-order valence-corrected chi connectivity index (χ0v) is 10.7. The van der Waals surface area contributed by atoms with Crippen LogP contribution in [0.5, 0.6) is 0 Å². The van der Waals surface area contributed by atoms with Crippen LogP contribution in [-0.4, -0.2) is 5.11 Å². The van der Waals surface area contributed by atoms with Gasteiger partial charge in [0, 0.05) is 6.42 Å². The quantitative estimate of drug-likeness (QED) is 0.891. The fourth-order valence-corrected chi connectivity index (χ4v) is 2.89. The van der Waals surface area contributed by atoms with Crippen molar-refractivity contribution in [1.29, 1.82) is 0 Å². The monoisotopic (exact) mass is 278 g/mol. The topological polar surface area (TPSA) is 20.2 Å². The highest BCUT2D eigenvalue weighted by Gasteiger charge is 2.38. The van der Waals surface area contributed by atoms with Gasteiger partial charge in [-0.3, -0.25) is 0 Å². The summed E-state index contributed by atoms with van der Waals surface area (Å²) in [7, 11) is 0. The van der Waals surface area contributed by atoms with Gasteiger partial charge in [0.05, 0.1) is 5.60 Å². The van der Waals surface area contributed by atoms with Crippen molar-refractivity contribution in [2.24, 2.45) is 0 Å². The summed E-state index contributed by atoms with van der Waals surface area (Å²) in [6.07, 6.45) is 0.641. The highest BCUT2D eigenvalue weighted by atomic mass is 19.1. The minimum atomic E-state index is -1.34. The molecule has 0 spiro atoms. The summed E-state index contributed by atoms with van der Waals surface area (Å²) in [5, 5.41) is 10.7. The van der Waals surface area contributed by atoms with E-state index in [2.05, 4.69) is 0 Å². The molecule has 0 aromatic heterocycles. The molecule has 1 unspecified atom stereocenters. The molecule has 0 fully saturated rings. The van der Waals surface area contributed by atoms with Gasteiger partial charge < -0.3 is 5.11 Å². The standard InChI is InChI=1S/C16H13F3O/c17-11-4-5-14(18)10(8-11)9-16(20)7-6-12-13(16)2-1-3-15(12)19/h1-5,8,20H,6-7,9H2. The average molecular weight is 278 g/mol. The second-order valence-corrected chi connectivity index (χ2v) is 5.21. The number of hydrogen-bond donors (Lipinski definition) is 1. The van der Waals surface area contributed by atoms with Crippen LogP contribution in [0.15, 0.2) is 36.4 Å². The Morgan fingerprint density at radius 1 is 1.05 bits per heavy atom. The molecule has 1 nitrogen and oxygen atoms in total. The van der Waals surface area contributed by atoms with E-state index in [0.717, 1.165) is 18.2 Å². The van der Waals surface area contributed by atoms with Crippen molar-refractivity contribution < 1.29 is 18.3 Å². The largest absolute Gasteiger partial charge is 0.385 e. The molecule has 0 radical (unpaired) electrons. The van der Waals surface area contributed by atoms with Crippen LogP contribution in [0.2, 0.25) is 0 Å². The molecular formula is C16H13F3O. The molecule has 0 bridgehead atoms. The molecule has 0 aliphatic heterocycles. The number of hydrogen-bond acceptors (Lipinski definition) is 1. The van der Waals surface area contributed by atoms with Crippen LogP contribution >= 0.6 is 0 Å². The van der Waals surface area contributed by atoms with Crippen molar-refractivity contribution in [3.05, 3.63) is 70.5 Å². The van der Waals surface area contributed by atoms with E-state index >= 15 is 0 Å². The molecule has 2 aromatic rings. The van der Waals surface area contributed by atoms with Crippen LogP contribution < -0.4 is 0 Å². The summed E-state index contributed by atoms with van der Waals surface area (Å²) in [5.41, 5.74) is -0.302. The first kappa shape index (κ1) is 13.2. The van der Waals surface area contributed by atoms with Crippen molar-refractivity contribution in [3.8, 4) is 0 Å². The molecule has 0 saturated carbocycles. The number of rotatable bonds is 2. The van der Waals surface area contributed by atoms with E-state index in [9.17, 15) is 18.3 Å². The van der Waals surface area contributed by atoms with Gasteiger partial charge in [-0.05, 0) is 53.8 Å². The maximum absolute atomic E-state index is 13.7. The number of fused-ring (bicyclic) bond motifs is 1. The summed E-state index contributed by atoms with van der Waals surface area (Å²) in [4.78, 5) is 0. The van der Waals surface area contributed by atoms with Crippen LogP contribution in [0.4, 0.5) is 13.2 Å². The fourth-order valence-electron chi connectivity index (χ4n) is 2.89. The Morgan fingerprint density at radius 2 is 1.85 bits per heavy atom. The lowest BCUT2D eigenvalue weighted by Gasteiger charge is -2.24. The highest BCUT2D eigenvalue weighted by Crippen LogP contribution is 2.40. The third-order valence-electron chi connectivity index (χ3n) is 3.90. The Bertz CT molecular complexity index is 669. The first-order valence-corrected chi connectivity index (χ1v) is 6.44. The van der Waals surface area contributed by atoms with Crippen LogP contribution in [0.3, 0.4) is 0 Å². The van der Waals surface area contributed by atoms with Crippen molar-refractivity contribution >= 4 is 0 Å². The molecule has 4 heteroatoms. The predicted octanol–water partition coefficient (Wildman–Crippen LogP) is 3.48. The molecule has 1 aliphatic rings. The van der Waals surface area contributed by atoms with Crippen molar-refractivity contribution in [1.82, 2.24) is 0 Å². The molecule has 1 atom stereocenters. The lowest BCUT2D eigenvalue weighted by Crippen LogP contribution is -2.26. The smallest absolute Gasteiger partial charge is 0.126 e. The summed E-state index contributed by atoms with van der Waals surface area (Å²) < 4.78 is 40.6. The van der Waals surface area contributed by atoms with Crippen molar-refractivity contribution in [2.75, 3.05) is 0 Å². The van der Waals surface area contributed by atoms with Crippen molar-refractivity contribution in [3.63, 3.8) is 0 Å². The Balaban J connectivity index is 2.00. The van der Waals surface area contributed by atoms with Crippen LogP contribution in [0.25, 0.3) is 0 Å². The maximum atomic E-state index is 13.7. The van der Waals surface area contributed by atoms with E-state index in [-0.39, 0.29) is 17.8 Å². The Morgan fingerprint density at radius 3 is 2.65 bits per heavy atom. The van der Waals surface area contributed by atoms with Crippen LogP contribution in [0.1, 0.15) is 23.1 Å². The highest BCUT2D eigenvalue weighted by molar-refractivity contribution is 5.40. The molecular weight excluding hydrogens is 265 g/mol.